The molecule has 2 heterocycles. The highest BCUT2D eigenvalue weighted by Crippen LogP contribution is 2.33. The third-order valence-corrected chi connectivity index (χ3v) is 4.82. The van der Waals surface area contributed by atoms with Crippen molar-refractivity contribution in [1.82, 2.24) is 20.3 Å². The van der Waals surface area contributed by atoms with Gasteiger partial charge >= 0.3 is 0 Å². The lowest BCUT2D eigenvalue weighted by molar-refractivity contribution is 0.0770. The van der Waals surface area contributed by atoms with Gasteiger partial charge in [-0.1, -0.05) is 38.3 Å². The molecule has 1 fully saturated rings. The molecule has 0 atom stereocenters. The monoisotopic (exact) mass is 330 g/mol. The lowest BCUT2D eigenvalue weighted by atomic mass is 9.85. The summed E-state index contributed by atoms with van der Waals surface area (Å²) in [6.45, 7) is 4.55. The quantitative estimate of drug-likeness (QED) is 0.904. The zero-order valence-corrected chi connectivity index (χ0v) is 14.7. The van der Waals surface area contributed by atoms with Crippen LogP contribution in [0.15, 0.2) is 16.8 Å². The molecule has 6 heteroatoms. The molecule has 0 saturated heterocycles. The Morgan fingerprint density at radius 2 is 2.12 bits per heavy atom. The van der Waals surface area contributed by atoms with Crippen LogP contribution in [0.3, 0.4) is 0 Å². The minimum absolute atomic E-state index is 0.0215. The van der Waals surface area contributed by atoms with Crippen LogP contribution in [-0.4, -0.2) is 33.2 Å². The minimum Gasteiger partial charge on any atom is -0.359 e. The van der Waals surface area contributed by atoms with Gasteiger partial charge in [-0.15, -0.1) is 0 Å². The number of amides is 1. The van der Waals surface area contributed by atoms with Crippen molar-refractivity contribution in [2.75, 3.05) is 7.05 Å². The van der Waals surface area contributed by atoms with Crippen molar-refractivity contribution in [2.45, 2.75) is 64.3 Å². The molecule has 1 saturated carbocycles. The van der Waals surface area contributed by atoms with Gasteiger partial charge in [0.2, 0.25) is 0 Å². The summed E-state index contributed by atoms with van der Waals surface area (Å²) in [6, 6.07) is 1.92. The first-order valence-corrected chi connectivity index (χ1v) is 8.80. The third-order valence-electron chi connectivity index (χ3n) is 4.82. The summed E-state index contributed by atoms with van der Waals surface area (Å²) in [5, 5.41) is 11.2. The summed E-state index contributed by atoms with van der Waals surface area (Å²) in [4.78, 5) is 14.5. The Bertz CT molecular complexity index is 683. The van der Waals surface area contributed by atoms with Crippen LogP contribution in [0.5, 0.6) is 0 Å². The zero-order valence-electron chi connectivity index (χ0n) is 14.7. The minimum atomic E-state index is -0.0215. The number of aromatic nitrogens is 3. The maximum Gasteiger partial charge on any atom is 0.257 e. The highest BCUT2D eigenvalue weighted by molar-refractivity contribution is 5.95. The van der Waals surface area contributed by atoms with Crippen molar-refractivity contribution >= 4 is 5.91 Å². The molecular formula is C18H26N4O2. The van der Waals surface area contributed by atoms with E-state index < -0.39 is 0 Å². The summed E-state index contributed by atoms with van der Waals surface area (Å²) >= 11 is 0. The molecular weight excluding hydrogens is 304 g/mol. The molecule has 0 bridgehead atoms. The fraction of sp³-hybridized carbons (Fsp3) is 0.611. The first kappa shape index (κ1) is 16.7. The molecule has 0 radical (unpaired) electrons. The molecule has 0 spiro atoms. The Morgan fingerprint density at radius 1 is 1.38 bits per heavy atom. The van der Waals surface area contributed by atoms with E-state index in [-0.39, 0.29) is 5.91 Å². The predicted octanol–water partition coefficient (Wildman–Crippen LogP) is 3.84. The lowest BCUT2D eigenvalue weighted by Crippen LogP contribution is -2.27. The number of aromatic amines is 1. The van der Waals surface area contributed by atoms with Crippen LogP contribution in [0.1, 0.15) is 85.3 Å². The van der Waals surface area contributed by atoms with Gasteiger partial charge in [-0.05, 0) is 18.8 Å². The highest BCUT2D eigenvalue weighted by atomic mass is 16.5. The Morgan fingerprint density at radius 3 is 2.79 bits per heavy atom. The topological polar surface area (TPSA) is 75.0 Å². The second-order valence-electron chi connectivity index (χ2n) is 7.07. The molecule has 2 aromatic rings. The van der Waals surface area contributed by atoms with Crippen molar-refractivity contribution in [3.05, 3.63) is 35.0 Å². The third kappa shape index (κ3) is 3.52. The summed E-state index contributed by atoms with van der Waals surface area (Å²) < 4.78 is 5.34. The fourth-order valence-corrected chi connectivity index (χ4v) is 3.36. The number of hydrogen-bond donors (Lipinski definition) is 1. The number of rotatable bonds is 5. The van der Waals surface area contributed by atoms with Crippen LogP contribution < -0.4 is 0 Å². The van der Waals surface area contributed by atoms with E-state index in [1.807, 2.05) is 6.07 Å². The standard InChI is InChI=1S/C18H26N4O2/c1-12(2)16-9-14(24-21-16)11-22(3)18(23)15-10-19-20-17(15)13-7-5-4-6-8-13/h9-10,12-13H,4-8,11H2,1-3H3,(H,19,20). The van der Waals surface area contributed by atoms with Gasteiger partial charge in [-0.25, -0.2) is 0 Å². The number of carbonyl (C=O) groups is 1. The second-order valence-corrected chi connectivity index (χ2v) is 7.07. The molecule has 1 aliphatic carbocycles. The Hall–Kier alpha value is -2.11. The van der Waals surface area contributed by atoms with E-state index in [1.54, 1.807) is 18.1 Å². The molecule has 6 nitrogen and oxygen atoms in total. The fourth-order valence-electron chi connectivity index (χ4n) is 3.36. The molecule has 1 N–H and O–H groups in total. The Labute approximate surface area is 142 Å². The molecule has 0 aromatic carbocycles. The number of carbonyl (C=O) groups excluding carboxylic acids is 1. The largest absolute Gasteiger partial charge is 0.359 e. The number of nitrogens with one attached hydrogen (secondary N) is 1. The molecule has 24 heavy (non-hydrogen) atoms. The van der Waals surface area contributed by atoms with Crippen LogP contribution in [0, 0.1) is 0 Å². The SMILES string of the molecule is CC(C)c1cc(CN(C)C(=O)c2cn[nH]c2C2CCCCC2)on1. The maximum absolute atomic E-state index is 12.8. The lowest BCUT2D eigenvalue weighted by Gasteiger charge is -2.22. The summed E-state index contributed by atoms with van der Waals surface area (Å²) in [7, 11) is 1.79. The van der Waals surface area contributed by atoms with Gasteiger partial charge in [-0.2, -0.15) is 5.10 Å². The summed E-state index contributed by atoms with van der Waals surface area (Å²) in [6.07, 6.45) is 7.66. The van der Waals surface area contributed by atoms with Gasteiger partial charge in [0.1, 0.15) is 0 Å². The summed E-state index contributed by atoms with van der Waals surface area (Å²) in [5.74, 6) is 1.42. The number of H-pyrrole nitrogens is 1. The van der Waals surface area contributed by atoms with Gasteiger partial charge in [0.15, 0.2) is 5.76 Å². The van der Waals surface area contributed by atoms with E-state index in [1.165, 1.54) is 19.3 Å². The van der Waals surface area contributed by atoms with Crippen molar-refractivity contribution in [1.29, 1.82) is 0 Å². The van der Waals surface area contributed by atoms with E-state index in [9.17, 15) is 4.79 Å². The van der Waals surface area contributed by atoms with E-state index >= 15 is 0 Å². The van der Waals surface area contributed by atoms with Crippen molar-refractivity contribution in [3.63, 3.8) is 0 Å². The Kier molecular flexibility index (Phi) is 5.02. The van der Waals surface area contributed by atoms with Crippen LogP contribution in [0.25, 0.3) is 0 Å². The normalized spacial score (nSPS) is 15.8. The smallest absolute Gasteiger partial charge is 0.257 e. The van der Waals surface area contributed by atoms with Crippen molar-refractivity contribution in [3.8, 4) is 0 Å². The first-order valence-electron chi connectivity index (χ1n) is 8.80. The van der Waals surface area contributed by atoms with Gasteiger partial charge in [0, 0.05) is 19.0 Å². The molecule has 130 valence electrons. The van der Waals surface area contributed by atoms with Crippen LogP contribution in [0.4, 0.5) is 0 Å². The molecule has 2 aromatic heterocycles. The molecule has 1 aliphatic rings. The molecule has 0 unspecified atom stereocenters. The Balaban J connectivity index is 1.70. The van der Waals surface area contributed by atoms with Gasteiger partial charge in [-0.3, -0.25) is 9.89 Å². The molecule has 1 amide bonds. The zero-order chi connectivity index (χ0) is 17.1. The van der Waals surface area contributed by atoms with Crippen molar-refractivity contribution in [2.24, 2.45) is 0 Å². The van der Waals surface area contributed by atoms with Crippen molar-refractivity contribution < 1.29 is 9.32 Å². The molecule has 3 rings (SSSR count). The van der Waals surface area contributed by atoms with Crippen LogP contribution in [-0.2, 0) is 6.54 Å². The number of nitrogens with zero attached hydrogens (tertiary/aromatic N) is 3. The maximum atomic E-state index is 12.8. The second kappa shape index (κ2) is 7.20. The first-order chi connectivity index (χ1) is 11.6. The number of hydrogen-bond acceptors (Lipinski definition) is 4. The van der Waals surface area contributed by atoms with E-state index in [0.29, 0.717) is 29.7 Å². The van der Waals surface area contributed by atoms with E-state index in [2.05, 4.69) is 29.2 Å². The van der Waals surface area contributed by atoms with Gasteiger partial charge in [0.05, 0.1) is 29.7 Å². The van der Waals surface area contributed by atoms with E-state index in [4.69, 9.17) is 4.52 Å². The predicted molar refractivity (Wildman–Crippen MR) is 90.8 cm³/mol. The van der Waals surface area contributed by atoms with Gasteiger partial charge < -0.3 is 9.42 Å². The van der Waals surface area contributed by atoms with E-state index in [0.717, 1.165) is 24.2 Å². The highest BCUT2D eigenvalue weighted by Gasteiger charge is 2.25. The summed E-state index contributed by atoms with van der Waals surface area (Å²) in [5.41, 5.74) is 2.59. The van der Waals surface area contributed by atoms with Crippen LogP contribution >= 0.6 is 0 Å². The molecule has 0 aliphatic heterocycles. The van der Waals surface area contributed by atoms with Gasteiger partial charge in [0.25, 0.3) is 5.91 Å². The average Bonchev–Trinajstić information content (AvgIpc) is 3.24. The average molecular weight is 330 g/mol. The van der Waals surface area contributed by atoms with Crippen LogP contribution in [0.2, 0.25) is 0 Å².